The molecule has 2 aromatic heterocycles. The van der Waals surface area contributed by atoms with E-state index in [0.717, 1.165) is 0 Å². The number of aromatic amines is 1. The molecule has 6 heteroatoms. The van der Waals surface area contributed by atoms with Gasteiger partial charge in [0, 0.05) is 6.20 Å². The van der Waals surface area contributed by atoms with Crippen LogP contribution in [-0.4, -0.2) is 20.9 Å². The zero-order valence-electron chi connectivity index (χ0n) is 7.57. The number of halogens is 1. The minimum Gasteiger partial charge on any atom is -0.357 e. The second-order valence-corrected chi connectivity index (χ2v) is 3.15. The first-order valence-electron chi connectivity index (χ1n) is 4.18. The molecule has 0 saturated heterocycles. The molecule has 2 N–H and O–H groups in total. The van der Waals surface area contributed by atoms with E-state index in [0.29, 0.717) is 11.5 Å². The fourth-order valence-corrected chi connectivity index (χ4v) is 1.21. The average molecular weight is 223 g/mol. The SMILES string of the molecule is O=C(Nc1cncc(Cl)n1)c1ccc[nH]1. The normalized spacial score (nSPS) is 9.93. The lowest BCUT2D eigenvalue weighted by atomic mass is 10.4. The smallest absolute Gasteiger partial charge is 0.273 e. The third-order valence-electron chi connectivity index (χ3n) is 1.69. The minimum absolute atomic E-state index is 0.235. The monoisotopic (exact) mass is 222 g/mol. The highest BCUT2D eigenvalue weighted by Gasteiger charge is 2.07. The summed E-state index contributed by atoms with van der Waals surface area (Å²) in [7, 11) is 0. The average Bonchev–Trinajstić information content (AvgIpc) is 2.70. The number of anilines is 1. The molecule has 2 heterocycles. The standard InChI is InChI=1S/C9H7ClN4O/c10-7-4-11-5-8(13-7)14-9(15)6-2-1-3-12-6/h1-5,12H,(H,13,14,15). The van der Waals surface area contributed by atoms with Crippen LogP contribution in [0.15, 0.2) is 30.7 Å². The Kier molecular flexibility index (Phi) is 2.64. The third kappa shape index (κ3) is 2.32. The summed E-state index contributed by atoms with van der Waals surface area (Å²) in [6, 6.07) is 3.39. The molecule has 5 nitrogen and oxygen atoms in total. The van der Waals surface area contributed by atoms with Crippen LogP contribution in [0, 0.1) is 0 Å². The van der Waals surface area contributed by atoms with Crippen molar-refractivity contribution in [1.29, 1.82) is 0 Å². The third-order valence-corrected chi connectivity index (χ3v) is 1.87. The number of rotatable bonds is 2. The van der Waals surface area contributed by atoms with Crippen molar-refractivity contribution in [3.05, 3.63) is 41.6 Å². The first-order valence-corrected chi connectivity index (χ1v) is 4.56. The maximum absolute atomic E-state index is 11.5. The Morgan fingerprint density at radius 2 is 2.33 bits per heavy atom. The van der Waals surface area contributed by atoms with Gasteiger partial charge in [0.2, 0.25) is 0 Å². The molecule has 0 saturated carbocycles. The molecule has 0 atom stereocenters. The van der Waals surface area contributed by atoms with Crippen molar-refractivity contribution >= 4 is 23.3 Å². The highest BCUT2D eigenvalue weighted by Crippen LogP contribution is 2.07. The quantitative estimate of drug-likeness (QED) is 0.813. The summed E-state index contributed by atoms with van der Waals surface area (Å²) in [5.74, 6) is 0.0404. The Hall–Kier alpha value is -1.88. The lowest BCUT2D eigenvalue weighted by molar-refractivity contribution is 0.102. The molecule has 15 heavy (non-hydrogen) atoms. The fraction of sp³-hybridized carbons (Fsp3) is 0. The summed E-state index contributed by atoms with van der Waals surface area (Å²) in [4.78, 5) is 22.0. The predicted octanol–water partition coefficient (Wildman–Crippen LogP) is 1.71. The Balaban J connectivity index is 2.13. The largest absolute Gasteiger partial charge is 0.357 e. The van der Waals surface area contributed by atoms with Crippen molar-refractivity contribution in [2.45, 2.75) is 0 Å². The van der Waals surface area contributed by atoms with Gasteiger partial charge in [-0.1, -0.05) is 11.6 Å². The number of H-pyrrole nitrogens is 1. The van der Waals surface area contributed by atoms with Crippen LogP contribution in [0.2, 0.25) is 5.15 Å². The van der Waals surface area contributed by atoms with Crippen LogP contribution in [0.25, 0.3) is 0 Å². The highest BCUT2D eigenvalue weighted by atomic mass is 35.5. The Morgan fingerprint density at radius 1 is 1.47 bits per heavy atom. The first kappa shape index (κ1) is 9.67. The molecule has 76 valence electrons. The summed E-state index contributed by atoms with van der Waals surface area (Å²) in [5, 5.41) is 2.79. The fourth-order valence-electron chi connectivity index (χ4n) is 1.06. The van der Waals surface area contributed by atoms with Gasteiger partial charge in [-0.3, -0.25) is 9.78 Å². The van der Waals surface area contributed by atoms with E-state index in [4.69, 9.17) is 11.6 Å². The van der Waals surface area contributed by atoms with Gasteiger partial charge in [0.05, 0.1) is 12.4 Å². The molecule has 0 radical (unpaired) electrons. The van der Waals surface area contributed by atoms with E-state index in [1.807, 2.05) is 0 Å². The van der Waals surface area contributed by atoms with Crippen molar-refractivity contribution < 1.29 is 4.79 Å². The van der Waals surface area contributed by atoms with E-state index < -0.39 is 0 Å². The molecular weight excluding hydrogens is 216 g/mol. The van der Waals surface area contributed by atoms with Crippen LogP contribution in [0.5, 0.6) is 0 Å². The van der Waals surface area contributed by atoms with Gasteiger partial charge >= 0.3 is 0 Å². The van der Waals surface area contributed by atoms with Crippen LogP contribution in [0.3, 0.4) is 0 Å². The molecule has 0 fully saturated rings. The molecular formula is C9H7ClN4O. The number of amides is 1. The number of carbonyl (C=O) groups is 1. The number of nitrogens with one attached hydrogen (secondary N) is 2. The van der Waals surface area contributed by atoms with Gasteiger partial charge in [-0.05, 0) is 12.1 Å². The van der Waals surface area contributed by atoms with Gasteiger partial charge in [-0.2, -0.15) is 0 Å². The van der Waals surface area contributed by atoms with Crippen LogP contribution >= 0.6 is 11.6 Å². The van der Waals surface area contributed by atoms with E-state index in [1.165, 1.54) is 12.4 Å². The molecule has 2 aromatic rings. The summed E-state index contributed by atoms with van der Waals surface area (Å²) in [5.41, 5.74) is 0.455. The molecule has 0 aliphatic carbocycles. The van der Waals surface area contributed by atoms with E-state index in [9.17, 15) is 4.79 Å². The lowest BCUT2D eigenvalue weighted by Crippen LogP contribution is -2.13. The van der Waals surface area contributed by atoms with Gasteiger partial charge in [-0.15, -0.1) is 0 Å². The summed E-state index contributed by atoms with van der Waals surface area (Å²) < 4.78 is 0. The van der Waals surface area contributed by atoms with Crippen LogP contribution < -0.4 is 5.32 Å². The van der Waals surface area contributed by atoms with Gasteiger partial charge < -0.3 is 10.3 Å². The van der Waals surface area contributed by atoms with Crippen LogP contribution in [0.4, 0.5) is 5.82 Å². The van der Waals surface area contributed by atoms with Crippen molar-refractivity contribution in [3.8, 4) is 0 Å². The maximum Gasteiger partial charge on any atom is 0.273 e. The second-order valence-electron chi connectivity index (χ2n) is 2.76. The topological polar surface area (TPSA) is 70.7 Å². The molecule has 0 unspecified atom stereocenters. The highest BCUT2D eigenvalue weighted by molar-refractivity contribution is 6.29. The summed E-state index contributed by atoms with van der Waals surface area (Å²) in [6.07, 6.45) is 4.48. The van der Waals surface area contributed by atoms with E-state index >= 15 is 0 Å². The van der Waals surface area contributed by atoms with Crippen LogP contribution in [-0.2, 0) is 0 Å². The summed E-state index contributed by atoms with van der Waals surface area (Å²) >= 11 is 5.62. The first-order chi connectivity index (χ1) is 7.25. The molecule has 1 amide bonds. The Labute approximate surface area is 90.5 Å². The Morgan fingerprint density at radius 3 is 3.00 bits per heavy atom. The van der Waals surface area contributed by atoms with Gasteiger partial charge in [0.25, 0.3) is 5.91 Å². The van der Waals surface area contributed by atoms with E-state index in [1.54, 1.807) is 18.3 Å². The molecule has 0 aliphatic heterocycles. The molecule has 0 bridgehead atoms. The summed E-state index contributed by atoms with van der Waals surface area (Å²) in [6.45, 7) is 0. The molecule has 0 spiro atoms. The number of hydrogen-bond acceptors (Lipinski definition) is 3. The van der Waals surface area contributed by atoms with E-state index in [-0.39, 0.29) is 11.1 Å². The number of carbonyl (C=O) groups excluding carboxylic acids is 1. The van der Waals surface area contributed by atoms with Gasteiger partial charge in [0.15, 0.2) is 5.82 Å². The molecule has 0 aromatic carbocycles. The molecule has 0 aliphatic rings. The van der Waals surface area contributed by atoms with Crippen LogP contribution in [0.1, 0.15) is 10.5 Å². The van der Waals surface area contributed by atoms with Crippen molar-refractivity contribution in [2.24, 2.45) is 0 Å². The van der Waals surface area contributed by atoms with Crippen molar-refractivity contribution in [2.75, 3.05) is 5.32 Å². The number of hydrogen-bond donors (Lipinski definition) is 2. The zero-order valence-corrected chi connectivity index (χ0v) is 8.32. The predicted molar refractivity (Wildman–Crippen MR) is 55.8 cm³/mol. The maximum atomic E-state index is 11.5. The number of nitrogens with zero attached hydrogens (tertiary/aromatic N) is 2. The van der Waals surface area contributed by atoms with Crippen molar-refractivity contribution in [3.63, 3.8) is 0 Å². The van der Waals surface area contributed by atoms with Gasteiger partial charge in [0.1, 0.15) is 10.8 Å². The van der Waals surface area contributed by atoms with Crippen molar-refractivity contribution in [1.82, 2.24) is 15.0 Å². The Bertz CT molecular complexity index is 469. The van der Waals surface area contributed by atoms with E-state index in [2.05, 4.69) is 20.3 Å². The lowest BCUT2D eigenvalue weighted by Gasteiger charge is -2.01. The minimum atomic E-state index is -0.281. The number of aromatic nitrogens is 3. The van der Waals surface area contributed by atoms with Gasteiger partial charge in [-0.25, -0.2) is 4.98 Å². The second kappa shape index (κ2) is 4.10. The zero-order chi connectivity index (χ0) is 10.7. The molecule has 2 rings (SSSR count).